The third-order valence-electron chi connectivity index (χ3n) is 5.46. The number of hydrogen-bond acceptors (Lipinski definition) is 6. The van der Waals surface area contributed by atoms with Crippen LogP contribution < -0.4 is 20.7 Å². The molecule has 0 spiro atoms. The van der Waals surface area contributed by atoms with Gasteiger partial charge in [0.2, 0.25) is 5.95 Å². The highest BCUT2D eigenvalue weighted by molar-refractivity contribution is 5.96. The smallest absolute Gasteiger partial charge is 0.251 e. The minimum Gasteiger partial charge on any atom is -0.495 e. The second kappa shape index (κ2) is 9.09. The second-order valence-electron chi connectivity index (χ2n) is 7.44. The molecule has 4 rings (SSSR count). The van der Waals surface area contributed by atoms with E-state index in [1.807, 2.05) is 18.3 Å². The maximum atomic E-state index is 12.7. The number of rotatable bonds is 6. The summed E-state index contributed by atoms with van der Waals surface area (Å²) in [5.41, 5.74) is 3.33. The van der Waals surface area contributed by atoms with E-state index in [9.17, 15) is 4.79 Å². The summed E-state index contributed by atoms with van der Waals surface area (Å²) in [7, 11) is 1.60. The molecule has 0 bridgehead atoms. The molecule has 2 aromatic carbocycles. The zero-order chi connectivity index (χ0) is 20.9. The lowest BCUT2D eigenvalue weighted by Crippen LogP contribution is -2.42. The van der Waals surface area contributed by atoms with Crippen LogP contribution in [0.2, 0.25) is 0 Å². The van der Waals surface area contributed by atoms with E-state index >= 15 is 0 Å². The van der Waals surface area contributed by atoms with Gasteiger partial charge in [0.15, 0.2) is 0 Å². The van der Waals surface area contributed by atoms with Crippen molar-refractivity contribution in [2.24, 2.45) is 0 Å². The number of fused-ring (bicyclic) bond motifs is 1. The molecule has 0 atom stereocenters. The highest BCUT2D eigenvalue weighted by Gasteiger charge is 2.18. The average molecular weight is 406 g/mol. The van der Waals surface area contributed by atoms with Gasteiger partial charge >= 0.3 is 0 Å². The van der Waals surface area contributed by atoms with Gasteiger partial charge in [0.05, 0.1) is 18.3 Å². The molecule has 0 unspecified atom stereocenters. The van der Waals surface area contributed by atoms with Crippen LogP contribution in [0.5, 0.6) is 5.75 Å². The summed E-state index contributed by atoms with van der Waals surface area (Å²) in [5, 5.41) is 10.7. The van der Waals surface area contributed by atoms with Crippen LogP contribution in [0.1, 0.15) is 35.7 Å². The summed E-state index contributed by atoms with van der Waals surface area (Å²) < 4.78 is 5.48. The average Bonchev–Trinajstić information content (AvgIpc) is 2.79. The molecule has 7 heteroatoms. The Labute approximate surface area is 176 Å². The van der Waals surface area contributed by atoms with Gasteiger partial charge in [0.1, 0.15) is 5.75 Å². The van der Waals surface area contributed by atoms with Gasteiger partial charge in [-0.2, -0.15) is 0 Å². The molecule has 156 valence electrons. The van der Waals surface area contributed by atoms with E-state index in [-0.39, 0.29) is 11.9 Å². The van der Waals surface area contributed by atoms with Crippen molar-refractivity contribution in [3.63, 3.8) is 0 Å². The van der Waals surface area contributed by atoms with E-state index in [2.05, 4.69) is 33.9 Å². The van der Waals surface area contributed by atoms with Gasteiger partial charge in [-0.15, -0.1) is 0 Å². The molecule has 7 nitrogen and oxygen atoms in total. The van der Waals surface area contributed by atoms with E-state index in [1.54, 1.807) is 25.3 Å². The van der Waals surface area contributed by atoms with Crippen molar-refractivity contribution in [1.82, 2.24) is 20.6 Å². The minimum atomic E-state index is -0.0831. The predicted octanol–water partition coefficient (Wildman–Crippen LogP) is 3.43. The van der Waals surface area contributed by atoms with E-state index in [0.29, 0.717) is 22.9 Å². The van der Waals surface area contributed by atoms with Crippen LogP contribution in [-0.2, 0) is 6.42 Å². The zero-order valence-corrected chi connectivity index (χ0v) is 17.4. The number of ether oxygens (including phenoxy) is 1. The molecule has 1 amide bonds. The van der Waals surface area contributed by atoms with Crippen molar-refractivity contribution in [3.05, 3.63) is 53.7 Å². The minimum absolute atomic E-state index is 0.0831. The lowest BCUT2D eigenvalue weighted by molar-refractivity contribution is 0.0929. The van der Waals surface area contributed by atoms with Gasteiger partial charge in [0, 0.05) is 23.2 Å². The summed E-state index contributed by atoms with van der Waals surface area (Å²) in [6, 6.07) is 11.7. The molecule has 30 heavy (non-hydrogen) atoms. The van der Waals surface area contributed by atoms with Crippen LogP contribution in [0.3, 0.4) is 0 Å². The largest absolute Gasteiger partial charge is 0.495 e. The highest BCUT2D eigenvalue weighted by atomic mass is 16.5. The molecule has 0 aliphatic carbocycles. The first-order valence-corrected chi connectivity index (χ1v) is 10.4. The lowest BCUT2D eigenvalue weighted by atomic mass is 10.1. The van der Waals surface area contributed by atoms with E-state index in [1.165, 1.54) is 5.56 Å². The Hall–Kier alpha value is -3.19. The monoisotopic (exact) mass is 405 g/mol. The summed E-state index contributed by atoms with van der Waals surface area (Å²) >= 11 is 0. The van der Waals surface area contributed by atoms with E-state index < -0.39 is 0 Å². The van der Waals surface area contributed by atoms with Crippen LogP contribution in [0.15, 0.2) is 42.6 Å². The number of piperidine rings is 1. The van der Waals surface area contributed by atoms with Crippen molar-refractivity contribution in [2.45, 2.75) is 32.2 Å². The lowest BCUT2D eigenvalue weighted by Gasteiger charge is -2.23. The molecule has 2 heterocycles. The highest BCUT2D eigenvalue weighted by Crippen LogP contribution is 2.28. The number of nitrogens with one attached hydrogen (secondary N) is 3. The molecule has 3 N–H and O–H groups in total. The van der Waals surface area contributed by atoms with Crippen molar-refractivity contribution >= 4 is 28.4 Å². The first kappa shape index (κ1) is 20.1. The van der Waals surface area contributed by atoms with Gasteiger partial charge in [-0.1, -0.05) is 25.1 Å². The summed E-state index contributed by atoms with van der Waals surface area (Å²) in [4.78, 5) is 21.9. The first-order chi connectivity index (χ1) is 14.7. The molecule has 3 aromatic rings. The Kier molecular flexibility index (Phi) is 6.09. The fourth-order valence-electron chi connectivity index (χ4n) is 3.77. The van der Waals surface area contributed by atoms with E-state index in [0.717, 1.165) is 43.3 Å². The van der Waals surface area contributed by atoms with Crippen LogP contribution in [-0.4, -0.2) is 42.1 Å². The number of aromatic nitrogens is 2. The number of hydrogen-bond donors (Lipinski definition) is 3. The van der Waals surface area contributed by atoms with Crippen LogP contribution in [0, 0.1) is 0 Å². The molecule has 0 radical (unpaired) electrons. The molecular weight excluding hydrogens is 378 g/mol. The standard InChI is InChI=1S/C23H27N5O2/c1-3-15-5-4-6-17-14-25-23(28-21(15)17)27-19-13-16(7-8-20(19)30-2)22(29)26-18-9-11-24-12-10-18/h4-8,13-14,18,24H,3,9-12H2,1-2H3,(H,26,29)(H,25,27,28). The molecule has 1 fully saturated rings. The normalized spacial score (nSPS) is 14.5. The summed E-state index contributed by atoms with van der Waals surface area (Å²) in [5.74, 6) is 1.01. The molecule has 1 saturated heterocycles. The fourth-order valence-corrected chi connectivity index (χ4v) is 3.77. The zero-order valence-electron chi connectivity index (χ0n) is 17.4. The molecule has 1 aliphatic rings. The number of amides is 1. The Balaban J connectivity index is 1.59. The Morgan fingerprint density at radius 1 is 1.23 bits per heavy atom. The number of anilines is 2. The van der Waals surface area contributed by atoms with Crippen molar-refractivity contribution in [1.29, 1.82) is 0 Å². The van der Waals surface area contributed by atoms with Crippen molar-refractivity contribution in [3.8, 4) is 5.75 Å². The third-order valence-corrected chi connectivity index (χ3v) is 5.46. The fraction of sp³-hybridized carbons (Fsp3) is 0.348. The maximum absolute atomic E-state index is 12.7. The van der Waals surface area contributed by atoms with Crippen LogP contribution in [0.4, 0.5) is 11.6 Å². The molecule has 0 saturated carbocycles. The number of aryl methyl sites for hydroxylation is 1. The van der Waals surface area contributed by atoms with Crippen LogP contribution in [0.25, 0.3) is 10.9 Å². The molecule has 1 aliphatic heterocycles. The number of methoxy groups -OCH3 is 1. The van der Waals surface area contributed by atoms with Gasteiger partial charge in [-0.25, -0.2) is 9.97 Å². The number of benzene rings is 2. The predicted molar refractivity (Wildman–Crippen MR) is 119 cm³/mol. The van der Waals surface area contributed by atoms with Gasteiger partial charge in [-0.3, -0.25) is 4.79 Å². The van der Waals surface area contributed by atoms with Crippen molar-refractivity contribution < 1.29 is 9.53 Å². The number of carbonyl (C=O) groups is 1. The molecule has 1 aromatic heterocycles. The quantitative estimate of drug-likeness (QED) is 0.582. The topological polar surface area (TPSA) is 88.2 Å². The second-order valence-corrected chi connectivity index (χ2v) is 7.44. The van der Waals surface area contributed by atoms with E-state index in [4.69, 9.17) is 9.72 Å². The number of para-hydroxylation sites is 1. The number of carbonyl (C=O) groups excluding carboxylic acids is 1. The van der Waals surface area contributed by atoms with Gasteiger partial charge in [-0.05, 0) is 56.1 Å². The first-order valence-electron chi connectivity index (χ1n) is 10.4. The SMILES string of the molecule is CCc1cccc2cnc(Nc3cc(C(=O)NC4CCNCC4)ccc3OC)nc12. The summed E-state index contributed by atoms with van der Waals surface area (Å²) in [6.07, 6.45) is 4.59. The summed E-state index contributed by atoms with van der Waals surface area (Å²) in [6.45, 7) is 3.97. The van der Waals surface area contributed by atoms with Gasteiger partial charge in [0.25, 0.3) is 5.91 Å². The maximum Gasteiger partial charge on any atom is 0.251 e. The number of nitrogens with zero attached hydrogens (tertiary/aromatic N) is 2. The Morgan fingerprint density at radius 3 is 2.83 bits per heavy atom. The van der Waals surface area contributed by atoms with Crippen LogP contribution >= 0.6 is 0 Å². The Morgan fingerprint density at radius 2 is 2.07 bits per heavy atom. The molecular formula is C23H27N5O2. The third kappa shape index (κ3) is 4.36. The Bertz CT molecular complexity index is 1050. The van der Waals surface area contributed by atoms with Crippen molar-refractivity contribution in [2.75, 3.05) is 25.5 Å². The van der Waals surface area contributed by atoms with Gasteiger partial charge < -0.3 is 20.7 Å².